The van der Waals surface area contributed by atoms with E-state index in [1.165, 1.54) is 4.90 Å². The van der Waals surface area contributed by atoms with Crippen molar-refractivity contribution in [3.8, 4) is 5.75 Å². The van der Waals surface area contributed by atoms with Crippen molar-refractivity contribution in [2.24, 2.45) is 11.5 Å². The van der Waals surface area contributed by atoms with E-state index in [1.54, 1.807) is 29.5 Å². The average Bonchev–Trinajstić information content (AvgIpc) is 3.06. The number of urea groups is 1. The summed E-state index contributed by atoms with van der Waals surface area (Å²) in [6, 6.07) is 6.47. The summed E-state index contributed by atoms with van der Waals surface area (Å²) >= 11 is 1.57. The van der Waals surface area contributed by atoms with Crippen LogP contribution in [0.15, 0.2) is 35.3 Å². The van der Waals surface area contributed by atoms with Crippen LogP contribution in [0.1, 0.15) is 34.6 Å². The van der Waals surface area contributed by atoms with Crippen LogP contribution in [0, 0.1) is 0 Å². The minimum absolute atomic E-state index is 0.364. The van der Waals surface area contributed by atoms with Crippen LogP contribution in [0.5, 0.6) is 5.75 Å². The fourth-order valence-electron chi connectivity index (χ4n) is 2.87. The lowest BCUT2D eigenvalue weighted by atomic mass is 10.1. The molecule has 3 rings (SSSR count). The number of hydrogen-bond acceptors (Lipinski definition) is 5. The highest BCUT2D eigenvalue weighted by Gasteiger charge is 2.27. The number of anilines is 1. The second kappa shape index (κ2) is 7.09. The molecule has 7 nitrogen and oxygen atoms in total. The van der Waals surface area contributed by atoms with E-state index in [2.05, 4.69) is 5.32 Å². The average molecular weight is 372 g/mol. The monoisotopic (exact) mass is 372 g/mol. The SMILES string of the molecule is CCOc1cc(C(N)=O)ccc1NC1=C(C)N(C(N)=O)Cc2sccc21. The number of fused-ring (bicyclic) bond motifs is 1. The first kappa shape index (κ1) is 17.8. The lowest BCUT2D eigenvalue weighted by molar-refractivity contribution is 0.1000. The summed E-state index contributed by atoms with van der Waals surface area (Å²) in [5.41, 5.74) is 14.4. The molecule has 1 aliphatic rings. The van der Waals surface area contributed by atoms with Crippen molar-refractivity contribution in [3.63, 3.8) is 0 Å². The van der Waals surface area contributed by atoms with Gasteiger partial charge in [0.1, 0.15) is 5.75 Å². The molecule has 0 atom stereocenters. The second-order valence-corrected chi connectivity index (χ2v) is 6.78. The van der Waals surface area contributed by atoms with Crippen LogP contribution in [0.3, 0.4) is 0 Å². The van der Waals surface area contributed by atoms with Crippen LogP contribution in [0.25, 0.3) is 5.70 Å². The maximum absolute atomic E-state index is 11.8. The summed E-state index contributed by atoms with van der Waals surface area (Å²) in [4.78, 5) is 25.8. The summed E-state index contributed by atoms with van der Waals surface area (Å²) in [5, 5.41) is 5.31. The number of rotatable bonds is 5. The molecule has 0 aliphatic carbocycles. The maximum atomic E-state index is 11.8. The van der Waals surface area contributed by atoms with Crippen molar-refractivity contribution < 1.29 is 14.3 Å². The lowest BCUT2D eigenvalue weighted by Crippen LogP contribution is -2.36. The van der Waals surface area contributed by atoms with Crippen LogP contribution >= 0.6 is 11.3 Å². The number of nitrogens with two attached hydrogens (primary N) is 2. The van der Waals surface area contributed by atoms with E-state index in [9.17, 15) is 9.59 Å². The van der Waals surface area contributed by atoms with Gasteiger partial charge in [-0.2, -0.15) is 0 Å². The molecule has 0 bridgehead atoms. The zero-order valence-electron chi connectivity index (χ0n) is 14.5. The van der Waals surface area contributed by atoms with Crippen molar-refractivity contribution in [2.75, 3.05) is 11.9 Å². The Hall–Kier alpha value is -3.00. The molecule has 0 saturated carbocycles. The summed E-state index contributed by atoms with van der Waals surface area (Å²) in [5.74, 6) is -0.0114. The van der Waals surface area contributed by atoms with Crippen molar-refractivity contribution >= 4 is 34.7 Å². The third-order valence-corrected chi connectivity index (χ3v) is 5.08. The van der Waals surface area contributed by atoms with E-state index in [0.29, 0.717) is 30.2 Å². The molecule has 136 valence electrons. The number of primary amides is 2. The molecule has 0 fully saturated rings. The third-order valence-electron chi connectivity index (χ3n) is 4.17. The number of amides is 3. The van der Waals surface area contributed by atoms with Crippen molar-refractivity contribution in [2.45, 2.75) is 20.4 Å². The quantitative estimate of drug-likeness (QED) is 0.749. The Kier molecular flexibility index (Phi) is 4.85. The number of benzene rings is 1. The Morgan fingerprint density at radius 2 is 2.08 bits per heavy atom. The van der Waals surface area contributed by atoms with Crippen LogP contribution < -0.4 is 21.5 Å². The molecule has 26 heavy (non-hydrogen) atoms. The first-order chi connectivity index (χ1) is 12.4. The highest BCUT2D eigenvalue weighted by Crippen LogP contribution is 2.37. The smallest absolute Gasteiger partial charge is 0.319 e. The van der Waals surface area contributed by atoms with Gasteiger partial charge >= 0.3 is 6.03 Å². The Balaban J connectivity index is 2.05. The van der Waals surface area contributed by atoms with Gasteiger partial charge in [0.15, 0.2) is 0 Å². The number of hydrogen-bond donors (Lipinski definition) is 3. The van der Waals surface area contributed by atoms with E-state index in [0.717, 1.165) is 21.8 Å². The number of ether oxygens (including phenoxy) is 1. The van der Waals surface area contributed by atoms with E-state index >= 15 is 0 Å². The molecule has 0 spiro atoms. The molecule has 0 unspecified atom stereocenters. The third kappa shape index (κ3) is 3.23. The molecule has 1 aliphatic heterocycles. The molecule has 0 saturated heterocycles. The van der Waals surface area contributed by atoms with E-state index in [1.807, 2.05) is 25.3 Å². The fraction of sp³-hybridized carbons (Fsp3) is 0.222. The van der Waals surface area contributed by atoms with Gasteiger partial charge < -0.3 is 21.5 Å². The maximum Gasteiger partial charge on any atom is 0.319 e. The van der Waals surface area contributed by atoms with Crippen molar-refractivity contribution in [3.05, 3.63) is 51.3 Å². The van der Waals surface area contributed by atoms with Gasteiger partial charge in [-0.15, -0.1) is 11.3 Å². The number of nitrogens with one attached hydrogen (secondary N) is 1. The molecule has 1 aromatic heterocycles. The fourth-order valence-corrected chi connectivity index (χ4v) is 3.74. The highest BCUT2D eigenvalue weighted by atomic mass is 32.1. The van der Waals surface area contributed by atoms with Gasteiger partial charge in [0, 0.05) is 21.7 Å². The molecule has 2 aromatic rings. The van der Waals surface area contributed by atoms with Crippen LogP contribution in [0.2, 0.25) is 0 Å². The standard InChI is InChI=1S/C18H20N4O3S/c1-3-25-14-8-11(17(19)23)4-5-13(14)21-16-10(2)22(18(20)24)9-15-12(16)6-7-26-15/h4-8,21H,3,9H2,1-2H3,(H2,19,23)(H2,20,24). The van der Waals surface area contributed by atoms with Crippen LogP contribution in [0.4, 0.5) is 10.5 Å². The largest absolute Gasteiger partial charge is 0.492 e. The number of carbonyl (C=O) groups excluding carboxylic acids is 2. The first-order valence-electron chi connectivity index (χ1n) is 8.10. The van der Waals surface area contributed by atoms with Gasteiger partial charge in [-0.25, -0.2) is 4.79 Å². The number of thiophene rings is 1. The van der Waals surface area contributed by atoms with Gasteiger partial charge in [-0.3, -0.25) is 9.69 Å². The van der Waals surface area contributed by atoms with Gasteiger partial charge in [0.2, 0.25) is 5.91 Å². The Bertz CT molecular complexity index is 904. The van der Waals surface area contributed by atoms with E-state index in [-0.39, 0.29) is 0 Å². The minimum atomic E-state index is -0.523. The zero-order valence-corrected chi connectivity index (χ0v) is 15.4. The number of allylic oxidation sites excluding steroid dienone is 1. The molecule has 0 radical (unpaired) electrons. The number of nitrogens with zero attached hydrogens (tertiary/aromatic N) is 1. The molecular weight excluding hydrogens is 352 g/mol. The molecule has 1 aromatic carbocycles. The molecule has 2 heterocycles. The van der Waals surface area contributed by atoms with Crippen LogP contribution in [-0.2, 0) is 6.54 Å². The zero-order chi connectivity index (χ0) is 18.8. The first-order valence-corrected chi connectivity index (χ1v) is 8.98. The summed E-state index contributed by atoms with van der Waals surface area (Å²) < 4.78 is 5.65. The lowest BCUT2D eigenvalue weighted by Gasteiger charge is -2.30. The van der Waals surface area contributed by atoms with Gasteiger partial charge in [0.05, 0.1) is 24.5 Å². The molecular formula is C18H20N4O3S. The highest BCUT2D eigenvalue weighted by molar-refractivity contribution is 7.10. The van der Waals surface area contributed by atoms with Gasteiger partial charge in [-0.1, -0.05) is 0 Å². The Morgan fingerprint density at radius 3 is 2.73 bits per heavy atom. The van der Waals surface area contributed by atoms with Crippen molar-refractivity contribution in [1.29, 1.82) is 0 Å². The minimum Gasteiger partial charge on any atom is -0.492 e. The van der Waals surface area contributed by atoms with E-state index in [4.69, 9.17) is 16.2 Å². The summed E-state index contributed by atoms with van der Waals surface area (Å²) in [7, 11) is 0. The van der Waals surface area contributed by atoms with Crippen molar-refractivity contribution in [1.82, 2.24) is 4.90 Å². The summed E-state index contributed by atoms with van der Waals surface area (Å²) in [6.45, 7) is 4.59. The molecule has 3 amide bonds. The van der Waals surface area contributed by atoms with E-state index < -0.39 is 11.9 Å². The summed E-state index contributed by atoms with van der Waals surface area (Å²) in [6.07, 6.45) is 0. The van der Waals surface area contributed by atoms with Gasteiger partial charge in [0.25, 0.3) is 0 Å². The predicted octanol–water partition coefficient (Wildman–Crippen LogP) is 2.94. The topological polar surface area (TPSA) is 111 Å². The predicted molar refractivity (Wildman–Crippen MR) is 102 cm³/mol. The number of carbonyl (C=O) groups is 2. The second-order valence-electron chi connectivity index (χ2n) is 5.78. The van der Waals surface area contributed by atoms with Crippen LogP contribution in [-0.4, -0.2) is 23.4 Å². The normalized spacial score (nSPS) is 13.4. The Morgan fingerprint density at radius 1 is 1.31 bits per heavy atom. The molecule has 8 heteroatoms. The molecule has 5 N–H and O–H groups in total. The van der Waals surface area contributed by atoms with Gasteiger partial charge in [-0.05, 0) is 43.5 Å². The Labute approximate surface area is 155 Å².